The van der Waals surface area contributed by atoms with Gasteiger partial charge in [0.05, 0.1) is 0 Å². The van der Waals surface area contributed by atoms with Gasteiger partial charge in [0.25, 0.3) is 0 Å². The normalized spacial score (nSPS) is 12.9. The number of halogens is 3. The molecule has 0 aliphatic heterocycles. The van der Waals surface area contributed by atoms with Gasteiger partial charge in [0.1, 0.15) is 5.82 Å². The van der Waals surface area contributed by atoms with Crippen molar-refractivity contribution in [3.8, 4) is 0 Å². The Balaban J connectivity index is 3.24. The van der Waals surface area contributed by atoms with Crippen LogP contribution in [0.15, 0.2) is 6.07 Å². The molecule has 0 bridgehead atoms. The molecule has 0 N–H and O–H groups in total. The summed E-state index contributed by atoms with van der Waals surface area (Å²) >= 11 is 0. The summed E-state index contributed by atoms with van der Waals surface area (Å²) in [5.41, 5.74) is -0.548. The molecule has 0 fully saturated rings. The van der Waals surface area contributed by atoms with E-state index in [1.54, 1.807) is 0 Å². The Morgan fingerprint density at radius 1 is 0.789 bits per heavy atom. The molecule has 0 nitrogen and oxygen atoms in total. The number of benzene rings is 1. The third-order valence-electron chi connectivity index (χ3n) is 2.76. The van der Waals surface area contributed by atoms with Crippen molar-refractivity contribution in [2.24, 2.45) is 10.8 Å². The number of hydrogen-bond acceptors (Lipinski definition) is 0. The molecule has 1 aromatic rings. The monoisotopic (exact) mass is 272 g/mol. The van der Waals surface area contributed by atoms with Crippen molar-refractivity contribution < 1.29 is 13.2 Å². The maximum Gasteiger partial charge on any atom is 0.165 e. The van der Waals surface area contributed by atoms with E-state index in [2.05, 4.69) is 0 Å². The van der Waals surface area contributed by atoms with Crippen LogP contribution in [0.1, 0.15) is 52.7 Å². The summed E-state index contributed by atoms with van der Waals surface area (Å²) in [5, 5.41) is 0. The quantitative estimate of drug-likeness (QED) is 0.642. The highest BCUT2D eigenvalue weighted by atomic mass is 19.2. The Kier molecular flexibility index (Phi) is 4.38. The summed E-state index contributed by atoms with van der Waals surface area (Å²) in [5.74, 6) is -2.59. The fourth-order valence-corrected chi connectivity index (χ4v) is 2.07. The first-order chi connectivity index (χ1) is 8.41. The highest BCUT2D eigenvalue weighted by Crippen LogP contribution is 2.30. The van der Waals surface area contributed by atoms with E-state index in [0.29, 0.717) is 6.42 Å². The molecule has 0 aliphatic carbocycles. The molecular formula is C16H23F3. The van der Waals surface area contributed by atoms with Gasteiger partial charge >= 0.3 is 0 Å². The third-order valence-corrected chi connectivity index (χ3v) is 2.76. The topological polar surface area (TPSA) is 0 Å². The van der Waals surface area contributed by atoms with Crippen LogP contribution in [0.5, 0.6) is 0 Å². The Bertz CT molecular complexity index is 462. The van der Waals surface area contributed by atoms with Gasteiger partial charge in [-0.2, -0.15) is 0 Å². The molecule has 0 saturated carbocycles. The third kappa shape index (κ3) is 4.55. The maximum atomic E-state index is 14.0. The molecule has 0 heterocycles. The Labute approximate surface area is 114 Å². The lowest BCUT2D eigenvalue weighted by Gasteiger charge is -2.22. The van der Waals surface area contributed by atoms with E-state index < -0.39 is 17.5 Å². The van der Waals surface area contributed by atoms with Gasteiger partial charge in [-0.3, -0.25) is 0 Å². The molecule has 0 amide bonds. The summed E-state index contributed by atoms with van der Waals surface area (Å²) < 4.78 is 42.0. The van der Waals surface area contributed by atoms with Gasteiger partial charge in [-0.15, -0.1) is 0 Å². The van der Waals surface area contributed by atoms with Crippen molar-refractivity contribution in [3.05, 3.63) is 34.6 Å². The molecule has 1 rings (SSSR count). The van der Waals surface area contributed by atoms with Crippen LogP contribution < -0.4 is 0 Å². The van der Waals surface area contributed by atoms with Gasteiger partial charge in [0.2, 0.25) is 0 Å². The lowest BCUT2D eigenvalue weighted by atomic mass is 9.84. The smallest absolute Gasteiger partial charge is 0.165 e. The summed E-state index contributed by atoms with van der Waals surface area (Å²) in [6.45, 7) is 11.3. The molecule has 3 heteroatoms. The first-order valence-corrected chi connectivity index (χ1v) is 6.56. The van der Waals surface area contributed by atoms with Crippen LogP contribution in [0.2, 0.25) is 0 Å². The van der Waals surface area contributed by atoms with Crippen LogP contribution in [0.4, 0.5) is 13.2 Å². The Morgan fingerprint density at radius 3 is 1.68 bits per heavy atom. The number of rotatable bonds is 2. The van der Waals surface area contributed by atoms with Gasteiger partial charge in [0, 0.05) is 5.56 Å². The van der Waals surface area contributed by atoms with Crippen molar-refractivity contribution in [1.29, 1.82) is 0 Å². The second-order valence-corrected chi connectivity index (χ2v) is 7.60. The maximum absolute atomic E-state index is 14.0. The van der Waals surface area contributed by atoms with Crippen LogP contribution >= 0.6 is 0 Å². The van der Waals surface area contributed by atoms with E-state index in [1.165, 1.54) is 0 Å². The number of hydrogen-bond donors (Lipinski definition) is 0. The van der Waals surface area contributed by atoms with Gasteiger partial charge in [-0.25, -0.2) is 13.2 Å². The molecule has 0 unspecified atom stereocenters. The second kappa shape index (κ2) is 5.18. The minimum absolute atomic E-state index is 0.111. The van der Waals surface area contributed by atoms with Crippen LogP contribution in [0.3, 0.4) is 0 Å². The van der Waals surface area contributed by atoms with Crippen molar-refractivity contribution in [2.45, 2.75) is 54.4 Å². The zero-order chi connectivity index (χ0) is 15.0. The first kappa shape index (κ1) is 16.1. The zero-order valence-corrected chi connectivity index (χ0v) is 12.6. The van der Waals surface area contributed by atoms with Crippen LogP contribution in [-0.4, -0.2) is 0 Å². The molecule has 0 saturated heterocycles. The molecule has 0 radical (unpaired) electrons. The molecule has 0 spiro atoms. The van der Waals surface area contributed by atoms with Crippen molar-refractivity contribution in [2.75, 3.05) is 0 Å². The molecule has 0 aliphatic rings. The van der Waals surface area contributed by atoms with Crippen molar-refractivity contribution in [3.63, 3.8) is 0 Å². The van der Waals surface area contributed by atoms with Crippen LogP contribution in [-0.2, 0) is 12.8 Å². The van der Waals surface area contributed by atoms with E-state index >= 15 is 0 Å². The fourth-order valence-electron chi connectivity index (χ4n) is 2.07. The molecule has 1 aromatic carbocycles. The van der Waals surface area contributed by atoms with Crippen molar-refractivity contribution >= 4 is 0 Å². The lowest BCUT2D eigenvalue weighted by Crippen LogP contribution is -2.16. The average molecular weight is 272 g/mol. The fraction of sp³-hybridized carbons (Fsp3) is 0.625. The average Bonchev–Trinajstić information content (AvgIpc) is 2.17. The summed E-state index contributed by atoms with van der Waals surface area (Å²) in [6, 6.07) is 1.14. The van der Waals surface area contributed by atoms with E-state index in [1.807, 2.05) is 41.5 Å². The van der Waals surface area contributed by atoms with Gasteiger partial charge in [-0.1, -0.05) is 41.5 Å². The zero-order valence-electron chi connectivity index (χ0n) is 12.6. The van der Waals surface area contributed by atoms with Crippen LogP contribution in [0.25, 0.3) is 0 Å². The molecular weight excluding hydrogens is 249 g/mol. The minimum Gasteiger partial charge on any atom is -0.207 e. The minimum atomic E-state index is -1.03. The highest BCUT2D eigenvalue weighted by molar-refractivity contribution is 5.29. The van der Waals surface area contributed by atoms with E-state index in [9.17, 15) is 13.2 Å². The highest BCUT2D eigenvalue weighted by Gasteiger charge is 2.24. The predicted molar refractivity (Wildman–Crippen MR) is 72.6 cm³/mol. The SMILES string of the molecule is CC(C)(C)Cc1cc(F)c(CC(C)(C)C)c(F)c1F. The lowest BCUT2D eigenvalue weighted by molar-refractivity contribution is 0.370. The largest absolute Gasteiger partial charge is 0.207 e. The standard InChI is InChI=1S/C16H23F3/c1-15(2,3)8-10-7-12(17)11(9-16(4,5)6)14(19)13(10)18/h7H,8-9H2,1-6H3. The molecule has 108 valence electrons. The second-order valence-electron chi connectivity index (χ2n) is 7.60. The summed E-state index contributed by atoms with van der Waals surface area (Å²) in [4.78, 5) is 0. The van der Waals surface area contributed by atoms with E-state index in [-0.39, 0.29) is 28.4 Å². The Morgan fingerprint density at radius 2 is 1.26 bits per heavy atom. The summed E-state index contributed by atoms with van der Waals surface area (Å²) in [7, 11) is 0. The van der Waals surface area contributed by atoms with Crippen LogP contribution in [0, 0.1) is 28.3 Å². The van der Waals surface area contributed by atoms with E-state index in [4.69, 9.17) is 0 Å². The molecule has 0 atom stereocenters. The molecule has 0 aromatic heterocycles. The van der Waals surface area contributed by atoms with Gasteiger partial charge in [0.15, 0.2) is 11.6 Å². The Hall–Kier alpha value is -0.990. The van der Waals surface area contributed by atoms with Gasteiger partial charge in [-0.05, 0) is 35.3 Å². The van der Waals surface area contributed by atoms with Crippen molar-refractivity contribution in [1.82, 2.24) is 0 Å². The first-order valence-electron chi connectivity index (χ1n) is 6.56. The van der Waals surface area contributed by atoms with Gasteiger partial charge < -0.3 is 0 Å². The molecule has 19 heavy (non-hydrogen) atoms. The van der Waals surface area contributed by atoms with E-state index in [0.717, 1.165) is 6.07 Å². The predicted octanol–water partition coefficient (Wildman–Crippen LogP) is 5.28. The summed E-state index contributed by atoms with van der Waals surface area (Å²) in [6.07, 6.45) is 0.486.